The van der Waals surface area contributed by atoms with Crippen molar-refractivity contribution in [1.29, 1.82) is 0 Å². The Labute approximate surface area is 175 Å². The van der Waals surface area contributed by atoms with E-state index < -0.39 is 39.3 Å². The zero-order valence-corrected chi connectivity index (χ0v) is 17.7. The van der Waals surface area contributed by atoms with E-state index in [1.165, 1.54) is 25.1 Å². The van der Waals surface area contributed by atoms with Gasteiger partial charge < -0.3 is 9.64 Å². The second-order valence-electron chi connectivity index (χ2n) is 7.95. The van der Waals surface area contributed by atoms with Crippen LogP contribution in [0.25, 0.3) is 0 Å². The van der Waals surface area contributed by atoms with Crippen LogP contribution in [-0.4, -0.2) is 60.3 Å². The minimum atomic E-state index is -3.18. The van der Waals surface area contributed by atoms with Crippen molar-refractivity contribution in [1.82, 2.24) is 4.90 Å². The molecule has 0 aromatic heterocycles. The number of nitro groups is 1. The van der Waals surface area contributed by atoms with Crippen molar-refractivity contribution in [3.05, 3.63) is 39.4 Å². The van der Waals surface area contributed by atoms with Crippen molar-refractivity contribution < 1.29 is 27.7 Å². The number of aryl methyl sites for hydroxylation is 1. The van der Waals surface area contributed by atoms with Crippen molar-refractivity contribution in [2.75, 3.05) is 18.1 Å². The van der Waals surface area contributed by atoms with E-state index in [-0.39, 0.29) is 28.8 Å². The summed E-state index contributed by atoms with van der Waals surface area (Å²) in [6, 6.07) is 3.83. The third-order valence-corrected chi connectivity index (χ3v) is 7.58. The second-order valence-corrected chi connectivity index (χ2v) is 10.2. The molecule has 0 N–H and O–H groups in total. The molecule has 1 saturated carbocycles. The summed E-state index contributed by atoms with van der Waals surface area (Å²) in [4.78, 5) is 37.7. The third-order valence-electron chi connectivity index (χ3n) is 5.82. The van der Waals surface area contributed by atoms with Gasteiger partial charge in [-0.3, -0.25) is 14.9 Å². The summed E-state index contributed by atoms with van der Waals surface area (Å²) >= 11 is 0. The molecule has 10 heteroatoms. The number of nitrogens with zero attached hydrogens (tertiary/aromatic N) is 2. The molecule has 1 saturated heterocycles. The normalized spacial score (nSPS) is 21.2. The van der Waals surface area contributed by atoms with Crippen LogP contribution in [0.4, 0.5) is 5.69 Å². The number of sulfone groups is 1. The van der Waals surface area contributed by atoms with Crippen LogP contribution in [0.15, 0.2) is 18.2 Å². The van der Waals surface area contributed by atoms with Gasteiger partial charge in [-0.25, -0.2) is 13.2 Å². The highest BCUT2D eigenvalue weighted by Crippen LogP contribution is 2.29. The Kier molecular flexibility index (Phi) is 6.74. The van der Waals surface area contributed by atoms with Crippen LogP contribution < -0.4 is 0 Å². The van der Waals surface area contributed by atoms with Gasteiger partial charge in [0.1, 0.15) is 5.56 Å². The minimum Gasteiger partial charge on any atom is -0.452 e. The smallest absolute Gasteiger partial charge is 0.345 e. The number of carbonyl (C=O) groups is 2. The van der Waals surface area contributed by atoms with Crippen LogP contribution in [-0.2, 0) is 19.4 Å². The van der Waals surface area contributed by atoms with Crippen molar-refractivity contribution >= 4 is 27.4 Å². The predicted octanol–water partition coefficient (Wildman–Crippen LogP) is 2.41. The van der Waals surface area contributed by atoms with Gasteiger partial charge in [0, 0.05) is 17.6 Å². The van der Waals surface area contributed by atoms with Gasteiger partial charge in [0.25, 0.3) is 11.6 Å². The van der Waals surface area contributed by atoms with Crippen LogP contribution in [0.1, 0.15) is 54.4 Å². The van der Waals surface area contributed by atoms with Crippen LogP contribution in [0.3, 0.4) is 0 Å². The Balaban J connectivity index is 1.74. The maximum absolute atomic E-state index is 13.0. The summed E-state index contributed by atoms with van der Waals surface area (Å²) in [7, 11) is -3.18. The molecule has 0 radical (unpaired) electrons. The fourth-order valence-corrected chi connectivity index (χ4v) is 6.12. The molecule has 1 heterocycles. The number of rotatable bonds is 6. The van der Waals surface area contributed by atoms with Gasteiger partial charge in [0.15, 0.2) is 16.4 Å². The summed E-state index contributed by atoms with van der Waals surface area (Å²) < 4.78 is 29.0. The van der Waals surface area contributed by atoms with Crippen molar-refractivity contribution in [2.45, 2.75) is 57.5 Å². The average Bonchev–Trinajstić information content (AvgIpc) is 3.05. The lowest BCUT2D eigenvalue weighted by molar-refractivity contribution is -0.385. The Hall–Kier alpha value is -2.49. The average molecular weight is 439 g/mol. The molecule has 0 spiro atoms. The van der Waals surface area contributed by atoms with Gasteiger partial charge in [-0.05, 0) is 32.3 Å². The molecule has 1 aromatic carbocycles. The van der Waals surface area contributed by atoms with E-state index in [4.69, 9.17) is 4.74 Å². The van der Waals surface area contributed by atoms with Gasteiger partial charge in [-0.15, -0.1) is 0 Å². The van der Waals surface area contributed by atoms with E-state index in [1.807, 2.05) is 0 Å². The Bertz CT molecular complexity index is 938. The third kappa shape index (κ3) is 4.97. The highest BCUT2D eigenvalue weighted by molar-refractivity contribution is 7.91. The summed E-state index contributed by atoms with van der Waals surface area (Å²) in [5.74, 6) is -1.43. The first-order valence-electron chi connectivity index (χ1n) is 10.1. The predicted molar refractivity (Wildman–Crippen MR) is 109 cm³/mol. The zero-order valence-electron chi connectivity index (χ0n) is 16.9. The fourth-order valence-electron chi connectivity index (χ4n) is 4.40. The number of amides is 1. The van der Waals surface area contributed by atoms with E-state index in [9.17, 15) is 28.1 Å². The van der Waals surface area contributed by atoms with E-state index in [2.05, 4.69) is 0 Å². The molecule has 1 aliphatic heterocycles. The molecular formula is C20H26N2O7S. The van der Waals surface area contributed by atoms with Crippen LogP contribution in [0.5, 0.6) is 0 Å². The van der Waals surface area contributed by atoms with Crippen LogP contribution in [0.2, 0.25) is 0 Å². The van der Waals surface area contributed by atoms with E-state index in [0.717, 1.165) is 32.1 Å². The molecule has 30 heavy (non-hydrogen) atoms. The first-order valence-corrected chi connectivity index (χ1v) is 11.9. The van der Waals surface area contributed by atoms with Crippen LogP contribution >= 0.6 is 0 Å². The monoisotopic (exact) mass is 438 g/mol. The molecule has 1 atom stereocenters. The number of carbonyl (C=O) groups excluding carboxylic acids is 2. The van der Waals surface area contributed by atoms with Gasteiger partial charge in [-0.1, -0.05) is 31.4 Å². The molecule has 1 amide bonds. The highest BCUT2D eigenvalue weighted by atomic mass is 32.2. The van der Waals surface area contributed by atoms with E-state index in [1.54, 1.807) is 4.90 Å². The van der Waals surface area contributed by atoms with Crippen molar-refractivity contribution in [2.24, 2.45) is 0 Å². The van der Waals surface area contributed by atoms with E-state index in [0.29, 0.717) is 12.0 Å². The topological polar surface area (TPSA) is 124 Å². The fraction of sp³-hybridized carbons (Fsp3) is 0.600. The number of benzene rings is 1. The Morgan fingerprint density at radius 3 is 2.47 bits per heavy atom. The number of ether oxygens (including phenoxy) is 1. The SMILES string of the molecule is Cc1cccc(C(=O)OCC(=O)N(C2CCCCC2)C2CCS(=O)(=O)C2)c1[N+](=O)[O-]. The lowest BCUT2D eigenvalue weighted by Gasteiger charge is -2.38. The number of hydrogen-bond acceptors (Lipinski definition) is 7. The quantitative estimate of drug-likeness (QED) is 0.379. The van der Waals surface area contributed by atoms with Crippen molar-refractivity contribution in [3.63, 3.8) is 0 Å². The van der Waals surface area contributed by atoms with Crippen molar-refractivity contribution in [3.8, 4) is 0 Å². The molecule has 1 aromatic rings. The number of hydrogen-bond donors (Lipinski definition) is 0. The zero-order chi connectivity index (χ0) is 21.9. The van der Waals surface area contributed by atoms with E-state index >= 15 is 0 Å². The lowest BCUT2D eigenvalue weighted by atomic mass is 9.93. The highest BCUT2D eigenvalue weighted by Gasteiger charge is 2.39. The molecule has 1 aliphatic carbocycles. The summed E-state index contributed by atoms with van der Waals surface area (Å²) in [6.07, 6.45) is 4.96. The maximum Gasteiger partial charge on any atom is 0.345 e. The number of para-hydroxylation sites is 1. The largest absolute Gasteiger partial charge is 0.452 e. The second kappa shape index (κ2) is 9.11. The first-order chi connectivity index (χ1) is 14.2. The van der Waals surface area contributed by atoms with Gasteiger partial charge in [0.2, 0.25) is 0 Å². The molecule has 1 unspecified atom stereocenters. The molecule has 3 rings (SSSR count). The Morgan fingerprint density at radius 1 is 1.17 bits per heavy atom. The molecule has 9 nitrogen and oxygen atoms in total. The summed E-state index contributed by atoms with van der Waals surface area (Å²) in [5, 5.41) is 11.3. The van der Waals surface area contributed by atoms with Gasteiger partial charge in [0.05, 0.1) is 16.4 Å². The molecule has 2 fully saturated rings. The molecular weight excluding hydrogens is 412 g/mol. The van der Waals surface area contributed by atoms with Gasteiger partial charge in [-0.2, -0.15) is 0 Å². The maximum atomic E-state index is 13.0. The van der Waals surface area contributed by atoms with Gasteiger partial charge >= 0.3 is 5.97 Å². The molecule has 2 aliphatic rings. The summed E-state index contributed by atoms with van der Waals surface area (Å²) in [6.45, 7) is 0.947. The first kappa shape index (κ1) is 22.2. The summed E-state index contributed by atoms with van der Waals surface area (Å²) in [5.41, 5.74) is -0.234. The number of nitro benzene ring substituents is 1. The number of esters is 1. The van der Waals surface area contributed by atoms with Crippen LogP contribution in [0, 0.1) is 17.0 Å². The standard InChI is InChI=1S/C20H26N2O7S/c1-14-6-5-9-17(19(14)22(25)26)20(24)29-12-18(23)21(15-7-3-2-4-8-15)16-10-11-30(27,28)13-16/h5-6,9,15-16H,2-4,7-8,10-13H2,1H3. The minimum absolute atomic E-state index is 0.0451. The molecule has 0 bridgehead atoms. The Morgan fingerprint density at radius 2 is 1.87 bits per heavy atom. The molecule has 164 valence electrons. The lowest BCUT2D eigenvalue weighted by Crippen LogP contribution is -2.50.